The molecule has 0 bridgehead atoms. The summed E-state index contributed by atoms with van der Waals surface area (Å²) in [6.45, 7) is 1.12. The van der Waals surface area contributed by atoms with Crippen molar-refractivity contribution in [2.75, 3.05) is 13.2 Å². The molecule has 3 rings (SSSR count). The molecule has 1 unspecified atom stereocenters. The van der Waals surface area contributed by atoms with E-state index in [0.29, 0.717) is 25.2 Å². The third kappa shape index (κ3) is 2.87. The van der Waals surface area contributed by atoms with Crippen molar-refractivity contribution >= 4 is 0 Å². The van der Waals surface area contributed by atoms with Gasteiger partial charge in [0.1, 0.15) is 13.2 Å². The van der Waals surface area contributed by atoms with Gasteiger partial charge in [-0.2, -0.15) is 10.5 Å². The van der Waals surface area contributed by atoms with Crippen LogP contribution in [-0.2, 0) is 6.42 Å². The Balaban J connectivity index is 1.80. The summed E-state index contributed by atoms with van der Waals surface area (Å²) >= 11 is 0. The maximum Gasteiger partial charge on any atom is 0.161 e. The van der Waals surface area contributed by atoms with Gasteiger partial charge in [-0.3, -0.25) is 0 Å². The summed E-state index contributed by atoms with van der Waals surface area (Å²) in [5.41, 5.74) is 2.54. The van der Waals surface area contributed by atoms with Crippen molar-refractivity contribution in [2.45, 2.75) is 12.3 Å². The molecular formula is C18H14N2O2. The number of ether oxygens (including phenoxy) is 2. The third-order valence-electron chi connectivity index (χ3n) is 3.64. The van der Waals surface area contributed by atoms with E-state index in [1.165, 1.54) is 0 Å². The predicted octanol–water partition coefficient (Wildman–Crippen LogP) is 3.18. The van der Waals surface area contributed by atoms with Crippen LogP contribution in [0.25, 0.3) is 0 Å². The predicted molar refractivity (Wildman–Crippen MR) is 80.6 cm³/mol. The number of benzene rings is 2. The molecule has 0 fully saturated rings. The topological polar surface area (TPSA) is 66.0 Å². The van der Waals surface area contributed by atoms with Crippen LogP contribution < -0.4 is 9.47 Å². The highest BCUT2D eigenvalue weighted by Crippen LogP contribution is 2.32. The molecule has 2 aromatic carbocycles. The lowest BCUT2D eigenvalue weighted by Crippen LogP contribution is -2.15. The second-order valence-corrected chi connectivity index (χ2v) is 5.10. The lowest BCUT2D eigenvalue weighted by molar-refractivity contribution is 0.171. The van der Waals surface area contributed by atoms with Crippen LogP contribution in [0.4, 0.5) is 0 Å². The van der Waals surface area contributed by atoms with Crippen LogP contribution in [0.15, 0.2) is 42.5 Å². The quantitative estimate of drug-likeness (QED) is 0.870. The minimum atomic E-state index is -0.254. The molecule has 1 aliphatic heterocycles. The first-order valence-electron chi connectivity index (χ1n) is 7.08. The van der Waals surface area contributed by atoms with Gasteiger partial charge in [-0.15, -0.1) is 0 Å². The van der Waals surface area contributed by atoms with E-state index in [4.69, 9.17) is 14.7 Å². The zero-order chi connectivity index (χ0) is 15.4. The molecule has 2 aromatic rings. The standard InChI is InChI=1S/C18H14N2O2/c19-11-13-1-4-15(5-2-13)16(12-20)9-14-3-6-17-18(10-14)22-8-7-21-17/h1-6,10,16H,7-9H2. The Bertz CT molecular complexity index is 754. The van der Waals surface area contributed by atoms with Crippen LogP contribution in [-0.4, -0.2) is 13.2 Å². The van der Waals surface area contributed by atoms with E-state index in [0.717, 1.165) is 22.6 Å². The summed E-state index contributed by atoms with van der Waals surface area (Å²) in [4.78, 5) is 0. The molecule has 4 heteroatoms. The van der Waals surface area contributed by atoms with Gasteiger partial charge in [0, 0.05) is 0 Å². The summed E-state index contributed by atoms with van der Waals surface area (Å²) in [6.07, 6.45) is 0.596. The van der Waals surface area contributed by atoms with Crippen molar-refractivity contribution in [3.63, 3.8) is 0 Å². The van der Waals surface area contributed by atoms with Gasteiger partial charge in [0.15, 0.2) is 11.5 Å². The van der Waals surface area contributed by atoms with E-state index in [2.05, 4.69) is 12.1 Å². The number of nitriles is 2. The lowest BCUT2D eigenvalue weighted by atomic mass is 9.92. The van der Waals surface area contributed by atoms with Gasteiger partial charge in [-0.05, 0) is 41.8 Å². The Morgan fingerprint density at radius 1 is 0.955 bits per heavy atom. The fraction of sp³-hybridized carbons (Fsp3) is 0.222. The molecule has 0 aliphatic carbocycles. The molecule has 0 amide bonds. The van der Waals surface area contributed by atoms with E-state index in [9.17, 15) is 5.26 Å². The fourth-order valence-corrected chi connectivity index (χ4v) is 2.48. The van der Waals surface area contributed by atoms with Crippen molar-refractivity contribution in [3.05, 3.63) is 59.2 Å². The first-order valence-corrected chi connectivity index (χ1v) is 7.08. The highest BCUT2D eigenvalue weighted by molar-refractivity contribution is 5.45. The Morgan fingerprint density at radius 2 is 1.68 bits per heavy atom. The van der Waals surface area contributed by atoms with Crippen molar-refractivity contribution in [2.24, 2.45) is 0 Å². The Hall–Kier alpha value is -2.98. The monoisotopic (exact) mass is 290 g/mol. The van der Waals surface area contributed by atoms with E-state index < -0.39 is 0 Å². The highest BCUT2D eigenvalue weighted by Gasteiger charge is 2.15. The molecule has 1 aliphatic rings. The fourth-order valence-electron chi connectivity index (χ4n) is 2.48. The van der Waals surface area contributed by atoms with Gasteiger partial charge in [0.25, 0.3) is 0 Å². The van der Waals surface area contributed by atoms with Crippen molar-refractivity contribution < 1.29 is 9.47 Å². The Kier molecular flexibility index (Phi) is 3.94. The summed E-state index contributed by atoms with van der Waals surface area (Å²) in [5.74, 6) is 1.23. The largest absolute Gasteiger partial charge is 0.486 e. The highest BCUT2D eigenvalue weighted by atomic mass is 16.6. The number of rotatable bonds is 3. The van der Waals surface area contributed by atoms with Gasteiger partial charge in [0.05, 0.1) is 23.6 Å². The van der Waals surface area contributed by atoms with Crippen LogP contribution in [0.3, 0.4) is 0 Å². The Morgan fingerprint density at radius 3 is 2.36 bits per heavy atom. The molecule has 0 radical (unpaired) electrons. The SMILES string of the molecule is N#Cc1ccc(C(C#N)Cc2ccc3c(c2)OCCO3)cc1. The minimum absolute atomic E-state index is 0.254. The molecule has 0 saturated carbocycles. The molecule has 0 spiro atoms. The van der Waals surface area contributed by atoms with E-state index in [1.54, 1.807) is 12.1 Å². The summed E-state index contributed by atoms with van der Waals surface area (Å²) < 4.78 is 11.1. The zero-order valence-corrected chi connectivity index (χ0v) is 12.0. The molecule has 108 valence electrons. The van der Waals surface area contributed by atoms with Crippen LogP contribution in [0.2, 0.25) is 0 Å². The second kappa shape index (κ2) is 6.20. The summed E-state index contributed by atoms with van der Waals surface area (Å²) in [6, 6.07) is 17.3. The second-order valence-electron chi connectivity index (χ2n) is 5.10. The van der Waals surface area contributed by atoms with Crippen LogP contribution >= 0.6 is 0 Å². The first-order chi connectivity index (χ1) is 10.8. The molecule has 4 nitrogen and oxygen atoms in total. The molecule has 0 saturated heterocycles. The number of fused-ring (bicyclic) bond motifs is 1. The molecule has 0 N–H and O–H groups in total. The lowest BCUT2D eigenvalue weighted by Gasteiger charge is -2.19. The zero-order valence-electron chi connectivity index (χ0n) is 12.0. The van der Waals surface area contributed by atoms with Gasteiger partial charge < -0.3 is 9.47 Å². The number of hydrogen-bond acceptors (Lipinski definition) is 4. The average molecular weight is 290 g/mol. The van der Waals surface area contributed by atoms with Crippen LogP contribution in [0.1, 0.15) is 22.6 Å². The smallest absolute Gasteiger partial charge is 0.161 e. The van der Waals surface area contributed by atoms with Gasteiger partial charge >= 0.3 is 0 Å². The van der Waals surface area contributed by atoms with Crippen LogP contribution in [0.5, 0.6) is 11.5 Å². The van der Waals surface area contributed by atoms with Crippen molar-refractivity contribution in [1.82, 2.24) is 0 Å². The van der Waals surface area contributed by atoms with E-state index >= 15 is 0 Å². The summed E-state index contributed by atoms with van der Waals surface area (Å²) in [7, 11) is 0. The van der Waals surface area contributed by atoms with Crippen molar-refractivity contribution in [3.8, 4) is 23.6 Å². The molecule has 1 atom stereocenters. The van der Waals surface area contributed by atoms with Gasteiger partial charge in [-0.25, -0.2) is 0 Å². The summed E-state index contributed by atoms with van der Waals surface area (Å²) in [5, 5.41) is 18.3. The van der Waals surface area contributed by atoms with Crippen molar-refractivity contribution in [1.29, 1.82) is 10.5 Å². The van der Waals surface area contributed by atoms with Gasteiger partial charge in [0.2, 0.25) is 0 Å². The van der Waals surface area contributed by atoms with E-state index in [1.807, 2.05) is 30.3 Å². The maximum absolute atomic E-state index is 9.43. The minimum Gasteiger partial charge on any atom is -0.486 e. The average Bonchev–Trinajstić information content (AvgIpc) is 2.59. The Labute approximate surface area is 129 Å². The van der Waals surface area contributed by atoms with Crippen LogP contribution in [0, 0.1) is 22.7 Å². The third-order valence-corrected chi connectivity index (χ3v) is 3.64. The number of nitrogens with zero attached hydrogens (tertiary/aromatic N) is 2. The maximum atomic E-state index is 9.43. The number of hydrogen-bond donors (Lipinski definition) is 0. The van der Waals surface area contributed by atoms with E-state index in [-0.39, 0.29) is 5.92 Å². The molecular weight excluding hydrogens is 276 g/mol. The molecule has 22 heavy (non-hydrogen) atoms. The molecule has 0 aromatic heterocycles. The van der Waals surface area contributed by atoms with Gasteiger partial charge in [-0.1, -0.05) is 18.2 Å². The normalized spacial score (nSPS) is 13.7. The molecule has 1 heterocycles. The first kappa shape index (κ1) is 14.0.